The molecular weight excluding hydrogens is 250 g/mol. The first-order valence-corrected chi connectivity index (χ1v) is 7.28. The summed E-state index contributed by atoms with van der Waals surface area (Å²) in [5, 5.41) is 18.3. The van der Waals surface area contributed by atoms with E-state index in [1.54, 1.807) is 6.20 Å². The zero-order chi connectivity index (χ0) is 14.8. The number of hydrogen-bond acceptors (Lipinski definition) is 3. The van der Waals surface area contributed by atoms with Gasteiger partial charge in [0.15, 0.2) is 0 Å². The maximum absolute atomic E-state index is 10.4. The van der Waals surface area contributed by atoms with E-state index in [-0.39, 0.29) is 5.54 Å². The van der Waals surface area contributed by atoms with Gasteiger partial charge in [0.2, 0.25) is 0 Å². The van der Waals surface area contributed by atoms with Crippen LogP contribution >= 0.6 is 0 Å². The lowest BCUT2D eigenvalue weighted by Crippen LogP contribution is -2.42. The van der Waals surface area contributed by atoms with Gasteiger partial charge in [0, 0.05) is 17.5 Å². The molecule has 1 heterocycles. The molecular formula is C16H25N3O. The monoisotopic (exact) mass is 275 g/mol. The molecule has 4 nitrogen and oxygen atoms in total. The van der Waals surface area contributed by atoms with Crippen LogP contribution in [-0.2, 0) is 0 Å². The second-order valence-corrected chi connectivity index (χ2v) is 6.27. The molecule has 1 unspecified atom stereocenters. The third kappa shape index (κ3) is 3.38. The van der Waals surface area contributed by atoms with Crippen LogP contribution < -0.4 is 0 Å². The van der Waals surface area contributed by atoms with Crippen molar-refractivity contribution >= 4 is 10.9 Å². The van der Waals surface area contributed by atoms with E-state index >= 15 is 0 Å². The summed E-state index contributed by atoms with van der Waals surface area (Å²) in [6.45, 7) is 10.7. The molecule has 0 bridgehead atoms. The number of benzene rings is 1. The third-order valence-corrected chi connectivity index (χ3v) is 3.85. The van der Waals surface area contributed by atoms with Gasteiger partial charge in [-0.15, -0.1) is 0 Å². The van der Waals surface area contributed by atoms with Gasteiger partial charge in [-0.1, -0.05) is 13.0 Å². The van der Waals surface area contributed by atoms with Crippen molar-refractivity contribution in [1.82, 2.24) is 15.1 Å². The Kier molecular flexibility index (Phi) is 4.45. The zero-order valence-electron chi connectivity index (χ0n) is 12.8. The van der Waals surface area contributed by atoms with Gasteiger partial charge in [-0.2, -0.15) is 5.10 Å². The third-order valence-electron chi connectivity index (χ3n) is 3.85. The number of aromatic nitrogens is 2. The minimum atomic E-state index is -0.425. The van der Waals surface area contributed by atoms with Crippen molar-refractivity contribution in [2.24, 2.45) is 0 Å². The number of nitrogens with zero attached hydrogens (tertiary/aromatic N) is 2. The van der Waals surface area contributed by atoms with Crippen molar-refractivity contribution in [2.45, 2.75) is 45.8 Å². The average Bonchev–Trinajstić information content (AvgIpc) is 2.84. The summed E-state index contributed by atoms with van der Waals surface area (Å²) in [5.41, 5.74) is 2.11. The normalized spacial score (nSPS) is 14.1. The Morgan fingerprint density at radius 3 is 2.75 bits per heavy atom. The molecule has 2 aromatic rings. The van der Waals surface area contributed by atoms with Crippen LogP contribution in [0.15, 0.2) is 24.4 Å². The summed E-state index contributed by atoms with van der Waals surface area (Å²) in [5.74, 6) is 0. The highest BCUT2D eigenvalue weighted by Gasteiger charge is 2.20. The van der Waals surface area contributed by atoms with Gasteiger partial charge in [0.05, 0.1) is 17.8 Å². The Balaban J connectivity index is 2.02. The smallest absolute Gasteiger partial charge is 0.0802 e. The highest BCUT2D eigenvalue weighted by molar-refractivity contribution is 5.78. The molecule has 20 heavy (non-hydrogen) atoms. The van der Waals surface area contributed by atoms with E-state index in [4.69, 9.17) is 0 Å². The summed E-state index contributed by atoms with van der Waals surface area (Å²) >= 11 is 0. The number of nitrogens with one attached hydrogen (secondary N) is 1. The second kappa shape index (κ2) is 5.94. The van der Waals surface area contributed by atoms with Crippen LogP contribution in [0.4, 0.5) is 0 Å². The van der Waals surface area contributed by atoms with E-state index in [1.165, 1.54) is 0 Å². The predicted molar refractivity (Wildman–Crippen MR) is 82.7 cm³/mol. The molecule has 2 rings (SSSR count). The first kappa shape index (κ1) is 15.0. The molecule has 0 saturated heterocycles. The minimum Gasteiger partial charge on any atom is -0.388 e. The fraction of sp³-hybridized carbons (Fsp3) is 0.562. The molecule has 0 spiro atoms. The van der Waals surface area contributed by atoms with Crippen LogP contribution in [0.1, 0.15) is 45.8 Å². The zero-order valence-corrected chi connectivity index (χ0v) is 12.8. The summed E-state index contributed by atoms with van der Waals surface area (Å²) in [6, 6.07) is 5.96. The molecule has 0 radical (unpaired) electrons. The lowest BCUT2D eigenvalue weighted by Gasteiger charge is -2.35. The fourth-order valence-corrected chi connectivity index (χ4v) is 2.58. The van der Waals surface area contributed by atoms with Crippen LogP contribution in [0.2, 0.25) is 0 Å². The van der Waals surface area contributed by atoms with Crippen molar-refractivity contribution in [3.8, 4) is 0 Å². The largest absolute Gasteiger partial charge is 0.388 e. The first-order valence-electron chi connectivity index (χ1n) is 7.28. The molecule has 1 aromatic carbocycles. The second-order valence-electron chi connectivity index (χ2n) is 6.27. The standard InChI is InChI=1S/C16H25N3O/c1-5-19(16(2,3)4)9-8-15(20)12-6-7-14-13(10-12)11-17-18-14/h6-7,10-11,15,20H,5,8-9H2,1-4H3,(H,17,18). The van der Waals surface area contributed by atoms with Gasteiger partial charge >= 0.3 is 0 Å². The van der Waals surface area contributed by atoms with Crippen molar-refractivity contribution in [3.05, 3.63) is 30.0 Å². The van der Waals surface area contributed by atoms with Gasteiger partial charge in [-0.3, -0.25) is 10.00 Å². The number of aromatic amines is 1. The van der Waals surface area contributed by atoms with E-state index in [0.29, 0.717) is 0 Å². The lowest BCUT2D eigenvalue weighted by atomic mass is 10.0. The fourth-order valence-electron chi connectivity index (χ4n) is 2.58. The van der Waals surface area contributed by atoms with E-state index in [0.717, 1.165) is 36.0 Å². The quantitative estimate of drug-likeness (QED) is 0.881. The topological polar surface area (TPSA) is 52.1 Å². The molecule has 0 saturated carbocycles. The Morgan fingerprint density at radius 2 is 2.10 bits per heavy atom. The van der Waals surface area contributed by atoms with Gasteiger partial charge < -0.3 is 5.11 Å². The van der Waals surface area contributed by atoms with Crippen molar-refractivity contribution < 1.29 is 5.11 Å². The van der Waals surface area contributed by atoms with Crippen LogP contribution in [-0.4, -0.2) is 38.8 Å². The van der Waals surface area contributed by atoms with E-state index in [1.807, 2.05) is 18.2 Å². The van der Waals surface area contributed by atoms with Crippen molar-refractivity contribution in [1.29, 1.82) is 0 Å². The first-order chi connectivity index (χ1) is 9.41. The number of aliphatic hydroxyl groups is 1. The van der Waals surface area contributed by atoms with Gasteiger partial charge in [-0.05, 0) is 51.4 Å². The molecule has 0 aliphatic rings. The van der Waals surface area contributed by atoms with Crippen LogP contribution in [0.3, 0.4) is 0 Å². The molecule has 0 aliphatic heterocycles. The molecule has 0 amide bonds. The molecule has 4 heteroatoms. The van der Waals surface area contributed by atoms with E-state index in [9.17, 15) is 5.11 Å². The highest BCUT2D eigenvalue weighted by atomic mass is 16.3. The Bertz CT molecular complexity index is 556. The molecule has 2 N–H and O–H groups in total. The summed E-state index contributed by atoms with van der Waals surface area (Å²) in [4.78, 5) is 2.38. The maximum Gasteiger partial charge on any atom is 0.0802 e. The van der Waals surface area contributed by atoms with E-state index in [2.05, 4.69) is 42.8 Å². The predicted octanol–water partition coefficient (Wildman–Crippen LogP) is 3.11. The average molecular weight is 275 g/mol. The SMILES string of the molecule is CCN(CCC(O)c1ccc2[nH]ncc2c1)C(C)(C)C. The van der Waals surface area contributed by atoms with Gasteiger partial charge in [-0.25, -0.2) is 0 Å². The highest BCUT2D eigenvalue weighted by Crippen LogP contribution is 2.23. The number of rotatable bonds is 5. The minimum absolute atomic E-state index is 0.142. The molecule has 0 fully saturated rings. The van der Waals surface area contributed by atoms with Crippen molar-refractivity contribution in [2.75, 3.05) is 13.1 Å². The lowest BCUT2D eigenvalue weighted by molar-refractivity contribution is 0.0997. The summed E-state index contributed by atoms with van der Waals surface area (Å²) in [6.07, 6.45) is 2.11. The molecule has 110 valence electrons. The van der Waals surface area contributed by atoms with Crippen molar-refractivity contribution in [3.63, 3.8) is 0 Å². The summed E-state index contributed by atoms with van der Waals surface area (Å²) in [7, 11) is 0. The number of H-pyrrole nitrogens is 1. The number of aliphatic hydroxyl groups excluding tert-OH is 1. The molecule has 0 aliphatic carbocycles. The molecule has 1 atom stereocenters. The van der Waals surface area contributed by atoms with E-state index < -0.39 is 6.10 Å². The molecule has 1 aromatic heterocycles. The van der Waals surface area contributed by atoms with Gasteiger partial charge in [0.25, 0.3) is 0 Å². The Labute approximate surface area is 120 Å². The number of hydrogen-bond donors (Lipinski definition) is 2. The summed E-state index contributed by atoms with van der Waals surface area (Å²) < 4.78 is 0. The van der Waals surface area contributed by atoms with Crippen LogP contribution in [0, 0.1) is 0 Å². The van der Waals surface area contributed by atoms with Crippen LogP contribution in [0.25, 0.3) is 10.9 Å². The van der Waals surface area contributed by atoms with Crippen LogP contribution in [0.5, 0.6) is 0 Å². The number of fused-ring (bicyclic) bond motifs is 1. The Hall–Kier alpha value is -1.39. The van der Waals surface area contributed by atoms with Gasteiger partial charge in [0.1, 0.15) is 0 Å². The maximum atomic E-state index is 10.4. The Morgan fingerprint density at radius 1 is 1.35 bits per heavy atom.